The molecule has 0 bridgehead atoms. The summed E-state index contributed by atoms with van der Waals surface area (Å²) in [6.45, 7) is 5.31. The molecule has 1 aliphatic carbocycles. The highest BCUT2D eigenvalue weighted by Gasteiger charge is 2.27. The molecule has 1 fully saturated rings. The minimum Gasteiger partial charge on any atom is -0.368 e. The first-order valence-electron chi connectivity index (χ1n) is 6.23. The van der Waals surface area contributed by atoms with Crippen LogP contribution in [0, 0.1) is 11.7 Å². The van der Waals surface area contributed by atoms with Crippen molar-refractivity contribution in [3.8, 4) is 0 Å². The lowest BCUT2D eigenvalue weighted by Crippen LogP contribution is -2.33. The topological polar surface area (TPSA) is 3.24 Å². The van der Waals surface area contributed by atoms with Crippen LogP contribution in [0.15, 0.2) is 18.2 Å². The number of halogens is 2. The summed E-state index contributed by atoms with van der Waals surface area (Å²) in [5.74, 6) is 0.818. The highest BCUT2D eigenvalue weighted by Crippen LogP contribution is 2.34. The van der Waals surface area contributed by atoms with Gasteiger partial charge in [0.25, 0.3) is 0 Å². The second kappa shape index (κ2) is 5.26. The van der Waals surface area contributed by atoms with Crippen LogP contribution in [0.5, 0.6) is 0 Å². The van der Waals surface area contributed by atoms with E-state index in [1.165, 1.54) is 18.9 Å². The smallest absolute Gasteiger partial charge is 0.129 e. The zero-order chi connectivity index (χ0) is 12.4. The third-order valence-electron chi connectivity index (χ3n) is 3.31. The van der Waals surface area contributed by atoms with E-state index in [0.29, 0.717) is 11.6 Å². The fourth-order valence-corrected chi connectivity index (χ4v) is 2.38. The van der Waals surface area contributed by atoms with E-state index in [-0.39, 0.29) is 11.7 Å². The number of benzene rings is 1. The normalized spacial score (nSPS) is 15.4. The Morgan fingerprint density at radius 3 is 2.65 bits per heavy atom. The predicted octanol–water partition coefficient (Wildman–Crippen LogP) is 4.19. The Balaban J connectivity index is 2.30. The summed E-state index contributed by atoms with van der Waals surface area (Å²) in [4.78, 5) is 2.28. The molecular formula is C14H19ClFN. The molecule has 94 valence electrons. The first kappa shape index (κ1) is 12.7. The Morgan fingerprint density at radius 2 is 2.12 bits per heavy atom. The van der Waals surface area contributed by atoms with Gasteiger partial charge in [-0.1, -0.05) is 6.07 Å². The van der Waals surface area contributed by atoms with Crippen molar-refractivity contribution in [3.05, 3.63) is 29.6 Å². The molecule has 0 amide bonds. The summed E-state index contributed by atoms with van der Waals surface area (Å²) in [7, 11) is 0. The highest BCUT2D eigenvalue weighted by atomic mass is 35.5. The lowest BCUT2D eigenvalue weighted by atomic mass is 10.1. The maximum atomic E-state index is 13.7. The molecule has 2 rings (SSSR count). The van der Waals surface area contributed by atoms with Crippen LogP contribution in [0.3, 0.4) is 0 Å². The van der Waals surface area contributed by atoms with Gasteiger partial charge >= 0.3 is 0 Å². The number of hydrogen-bond donors (Lipinski definition) is 0. The molecule has 0 aliphatic heterocycles. The monoisotopic (exact) mass is 255 g/mol. The van der Waals surface area contributed by atoms with Gasteiger partial charge in [0.15, 0.2) is 0 Å². The fraction of sp³-hybridized carbons (Fsp3) is 0.571. The highest BCUT2D eigenvalue weighted by molar-refractivity contribution is 6.17. The molecule has 1 aliphatic rings. The molecule has 3 heteroatoms. The minimum atomic E-state index is -0.195. The zero-order valence-corrected chi connectivity index (χ0v) is 11.2. The third kappa shape index (κ3) is 2.92. The van der Waals surface area contributed by atoms with Crippen molar-refractivity contribution >= 4 is 17.3 Å². The van der Waals surface area contributed by atoms with Crippen molar-refractivity contribution in [2.45, 2.75) is 38.6 Å². The van der Waals surface area contributed by atoms with Gasteiger partial charge in [-0.2, -0.15) is 0 Å². The minimum absolute atomic E-state index is 0.195. The van der Waals surface area contributed by atoms with E-state index < -0.39 is 0 Å². The third-order valence-corrected chi connectivity index (χ3v) is 3.58. The largest absolute Gasteiger partial charge is 0.368 e. The summed E-state index contributed by atoms with van der Waals surface area (Å²) in [5, 5.41) is 0. The van der Waals surface area contributed by atoms with E-state index in [1.807, 2.05) is 6.07 Å². The van der Waals surface area contributed by atoms with Crippen LogP contribution in [-0.2, 0) is 5.88 Å². The number of nitrogens with zero attached hydrogens (tertiary/aromatic N) is 1. The van der Waals surface area contributed by atoms with Gasteiger partial charge in [0, 0.05) is 23.8 Å². The van der Waals surface area contributed by atoms with Crippen molar-refractivity contribution in [2.24, 2.45) is 5.92 Å². The molecule has 1 nitrogen and oxygen atoms in total. The van der Waals surface area contributed by atoms with Crippen molar-refractivity contribution in [1.82, 2.24) is 0 Å². The molecule has 1 aromatic carbocycles. The second-order valence-electron chi connectivity index (χ2n) is 5.06. The van der Waals surface area contributed by atoms with Gasteiger partial charge in [-0.25, -0.2) is 4.39 Å². The number of rotatable bonds is 5. The zero-order valence-electron chi connectivity index (χ0n) is 10.4. The standard InChI is InChI=1S/C14H19ClFN/c1-10(2)17(9-11-6-7-11)14-5-3-4-13(16)12(14)8-15/h3-5,10-11H,6-9H2,1-2H3. The van der Waals surface area contributed by atoms with Crippen LogP contribution in [0.1, 0.15) is 32.3 Å². The second-order valence-corrected chi connectivity index (χ2v) is 5.33. The van der Waals surface area contributed by atoms with Gasteiger partial charge in [-0.05, 0) is 44.7 Å². The number of anilines is 1. The van der Waals surface area contributed by atoms with Gasteiger partial charge in [-0.3, -0.25) is 0 Å². The van der Waals surface area contributed by atoms with Crippen LogP contribution in [0.4, 0.5) is 10.1 Å². The van der Waals surface area contributed by atoms with E-state index >= 15 is 0 Å². The Labute approximate surface area is 108 Å². The number of hydrogen-bond acceptors (Lipinski definition) is 1. The van der Waals surface area contributed by atoms with E-state index in [2.05, 4.69) is 18.7 Å². The quantitative estimate of drug-likeness (QED) is 0.713. The lowest BCUT2D eigenvalue weighted by Gasteiger charge is -2.31. The summed E-state index contributed by atoms with van der Waals surface area (Å²) in [6, 6.07) is 5.60. The summed E-state index contributed by atoms with van der Waals surface area (Å²) in [6.07, 6.45) is 2.60. The molecular weight excluding hydrogens is 237 g/mol. The fourth-order valence-electron chi connectivity index (χ4n) is 2.11. The summed E-state index contributed by atoms with van der Waals surface area (Å²) >= 11 is 5.87. The van der Waals surface area contributed by atoms with Crippen LogP contribution in [0.2, 0.25) is 0 Å². The van der Waals surface area contributed by atoms with E-state index in [1.54, 1.807) is 6.07 Å². The van der Waals surface area contributed by atoms with Crippen molar-refractivity contribution < 1.29 is 4.39 Å². The number of alkyl halides is 1. The maximum absolute atomic E-state index is 13.7. The van der Waals surface area contributed by atoms with Gasteiger partial charge in [0.05, 0.1) is 5.88 Å². The first-order valence-corrected chi connectivity index (χ1v) is 6.77. The summed E-state index contributed by atoms with van der Waals surface area (Å²) < 4.78 is 13.7. The molecule has 0 aromatic heterocycles. The molecule has 0 atom stereocenters. The van der Waals surface area contributed by atoms with E-state index in [9.17, 15) is 4.39 Å². The molecule has 0 heterocycles. The van der Waals surface area contributed by atoms with Gasteiger partial charge in [0.2, 0.25) is 0 Å². The average Bonchev–Trinajstić information content (AvgIpc) is 3.09. The summed E-state index contributed by atoms with van der Waals surface area (Å²) in [5.41, 5.74) is 1.59. The maximum Gasteiger partial charge on any atom is 0.129 e. The predicted molar refractivity (Wildman–Crippen MR) is 71.2 cm³/mol. The van der Waals surface area contributed by atoms with Crippen molar-refractivity contribution in [3.63, 3.8) is 0 Å². The Hall–Kier alpha value is -0.760. The molecule has 17 heavy (non-hydrogen) atoms. The van der Waals surface area contributed by atoms with E-state index in [0.717, 1.165) is 18.2 Å². The molecule has 0 radical (unpaired) electrons. The molecule has 1 saturated carbocycles. The average molecular weight is 256 g/mol. The van der Waals surface area contributed by atoms with E-state index in [4.69, 9.17) is 11.6 Å². The van der Waals surface area contributed by atoms with Crippen molar-refractivity contribution in [2.75, 3.05) is 11.4 Å². The van der Waals surface area contributed by atoms with Gasteiger partial charge in [-0.15, -0.1) is 11.6 Å². The van der Waals surface area contributed by atoms with Gasteiger partial charge < -0.3 is 4.90 Å². The Bertz CT molecular complexity index is 388. The molecule has 1 aromatic rings. The Kier molecular flexibility index (Phi) is 3.93. The van der Waals surface area contributed by atoms with Crippen molar-refractivity contribution in [1.29, 1.82) is 0 Å². The molecule has 0 N–H and O–H groups in total. The van der Waals surface area contributed by atoms with Crippen LogP contribution in [-0.4, -0.2) is 12.6 Å². The first-order chi connectivity index (χ1) is 8.13. The van der Waals surface area contributed by atoms with Crippen LogP contribution in [0.25, 0.3) is 0 Å². The SMILES string of the molecule is CC(C)N(CC1CC1)c1cccc(F)c1CCl. The van der Waals surface area contributed by atoms with Crippen LogP contribution >= 0.6 is 11.6 Å². The van der Waals surface area contributed by atoms with Crippen LogP contribution < -0.4 is 4.90 Å². The Morgan fingerprint density at radius 1 is 1.41 bits per heavy atom. The molecule has 0 saturated heterocycles. The molecule has 0 spiro atoms. The molecule has 0 unspecified atom stereocenters. The lowest BCUT2D eigenvalue weighted by molar-refractivity contribution is 0.605. The van der Waals surface area contributed by atoms with Gasteiger partial charge in [0.1, 0.15) is 5.82 Å².